The van der Waals surface area contributed by atoms with E-state index in [2.05, 4.69) is 15.5 Å². The van der Waals surface area contributed by atoms with Gasteiger partial charge in [-0.05, 0) is 25.0 Å². The van der Waals surface area contributed by atoms with Crippen molar-refractivity contribution in [3.05, 3.63) is 24.3 Å². The summed E-state index contributed by atoms with van der Waals surface area (Å²) < 4.78 is 10.3. The van der Waals surface area contributed by atoms with Gasteiger partial charge in [0.05, 0.1) is 11.8 Å². The Labute approximate surface area is 141 Å². The molecular formula is C15H23ClN4O3. The van der Waals surface area contributed by atoms with Crippen molar-refractivity contribution in [3.8, 4) is 11.6 Å². The van der Waals surface area contributed by atoms with E-state index < -0.39 is 5.54 Å². The van der Waals surface area contributed by atoms with Crippen molar-refractivity contribution in [1.29, 1.82) is 0 Å². The van der Waals surface area contributed by atoms with E-state index in [9.17, 15) is 4.79 Å². The van der Waals surface area contributed by atoms with Gasteiger partial charge >= 0.3 is 0 Å². The van der Waals surface area contributed by atoms with Gasteiger partial charge in [-0.1, -0.05) is 19.0 Å². The molecule has 1 unspecified atom stereocenters. The first kappa shape index (κ1) is 19.2. The number of furan rings is 1. The van der Waals surface area contributed by atoms with Gasteiger partial charge in [-0.15, -0.1) is 12.4 Å². The first-order valence-corrected chi connectivity index (χ1v) is 7.32. The molecule has 0 aliphatic rings. The van der Waals surface area contributed by atoms with Crippen LogP contribution in [0.1, 0.15) is 33.1 Å². The standard InChI is InChI=1S/C15H22N4O3.ClH/c1-10(2)15(3,9-16)18-12(20)6-7-13-17-14(19-22-13)11-5-4-8-21-11;/h4-5,8,10H,6-7,9,16H2,1-3H3,(H,18,20);1H. The van der Waals surface area contributed by atoms with Crippen LogP contribution < -0.4 is 11.1 Å². The number of hydrogen-bond acceptors (Lipinski definition) is 6. The minimum atomic E-state index is -0.411. The van der Waals surface area contributed by atoms with Crippen LogP contribution in [0.3, 0.4) is 0 Å². The summed E-state index contributed by atoms with van der Waals surface area (Å²) in [7, 11) is 0. The number of carbonyl (C=O) groups excluding carboxylic acids is 1. The normalized spacial score (nSPS) is 13.4. The molecule has 0 aliphatic heterocycles. The van der Waals surface area contributed by atoms with Crippen LogP contribution in [-0.2, 0) is 11.2 Å². The minimum absolute atomic E-state index is 0. The number of nitrogens with one attached hydrogen (secondary N) is 1. The number of halogens is 1. The molecule has 8 heteroatoms. The van der Waals surface area contributed by atoms with Crippen molar-refractivity contribution < 1.29 is 13.7 Å². The zero-order chi connectivity index (χ0) is 16.2. The number of aryl methyl sites for hydroxylation is 1. The first-order valence-electron chi connectivity index (χ1n) is 7.32. The van der Waals surface area contributed by atoms with Gasteiger partial charge in [-0.25, -0.2) is 0 Å². The lowest BCUT2D eigenvalue weighted by Gasteiger charge is -2.33. The van der Waals surface area contributed by atoms with Crippen LogP contribution in [0.2, 0.25) is 0 Å². The highest BCUT2D eigenvalue weighted by molar-refractivity contribution is 5.85. The predicted octanol–water partition coefficient (Wildman–Crippen LogP) is 2.17. The summed E-state index contributed by atoms with van der Waals surface area (Å²) in [5, 5.41) is 6.80. The summed E-state index contributed by atoms with van der Waals surface area (Å²) in [6.45, 7) is 6.39. The van der Waals surface area contributed by atoms with Crippen molar-refractivity contribution >= 4 is 18.3 Å². The molecule has 0 spiro atoms. The monoisotopic (exact) mass is 342 g/mol. The number of aromatic nitrogens is 2. The van der Waals surface area contributed by atoms with Crippen molar-refractivity contribution in [1.82, 2.24) is 15.5 Å². The van der Waals surface area contributed by atoms with E-state index in [1.165, 1.54) is 0 Å². The molecule has 2 aromatic rings. The second-order valence-corrected chi connectivity index (χ2v) is 5.81. The summed E-state index contributed by atoms with van der Waals surface area (Å²) in [4.78, 5) is 16.3. The van der Waals surface area contributed by atoms with Crippen LogP contribution in [0.15, 0.2) is 27.3 Å². The van der Waals surface area contributed by atoms with E-state index in [-0.39, 0.29) is 30.7 Å². The maximum absolute atomic E-state index is 12.1. The number of carbonyl (C=O) groups is 1. The predicted molar refractivity (Wildman–Crippen MR) is 88.0 cm³/mol. The Bertz CT molecular complexity index is 612. The highest BCUT2D eigenvalue weighted by atomic mass is 35.5. The van der Waals surface area contributed by atoms with Gasteiger partial charge in [0.25, 0.3) is 0 Å². The van der Waals surface area contributed by atoms with Gasteiger partial charge in [0, 0.05) is 19.4 Å². The zero-order valence-corrected chi connectivity index (χ0v) is 14.4. The third kappa shape index (κ3) is 4.80. The highest BCUT2D eigenvalue weighted by Crippen LogP contribution is 2.17. The Balaban J connectivity index is 0.00000264. The molecule has 0 saturated carbocycles. The maximum Gasteiger partial charge on any atom is 0.238 e. The SMILES string of the molecule is CC(C)C(C)(CN)NC(=O)CCc1nc(-c2ccco2)no1.Cl. The average Bonchev–Trinajstić information content (AvgIpc) is 3.15. The van der Waals surface area contributed by atoms with Crippen LogP contribution >= 0.6 is 12.4 Å². The molecule has 3 N–H and O–H groups in total. The number of rotatable bonds is 7. The van der Waals surface area contributed by atoms with Crippen LogP contribution in [0.25, 0.3) is 11.6 Å². The van der Waals surface area contributed by atoms with E-state index in [0.717, 1.165) is 0 Å². The molecule has 2 heterocycles. The quantitative estimate of drug-likeness (QED) is 0.798. The lowest BCUT2D eigenvalue weighted by atomic mass is 9.88. The molecule has 2 aromatic heterocycles. The molecule has 0 aliphatic carbocycles. The number of hydrogen-bond donors (Lipinski definition) is 2. The van der Waals surface area contributed by atoms with Gasteiger partial charge in [0.2, 0.25) is 17.6 Å². The molecule has 0 saturated heterocycles. The zero-order valence-electron chi connectivity index (χ0n) is 13.5. The summed E-state index contributed by atoms with van der Waals surface area (Å²) in [5.74, 6) is 1.49. The van der Waals surface area contributed by atoms with E-state index in [0.29, 0.717) is 30.4 Å². The minimum Gasteiger partial charge on any atom is -0.461 e. The number of amides is 1. The fourth-order valence-electron chi connectivity index (χ4n) is 1.89. The first-order chi connectivity index (χ1) is 10.4. The Kier molecular flexibility index (Phi) is 6.78. The summed E-state index contributed by atoms with van der Waals surface area (Å²) in [5.41, 5.74) is 5.34. The second kappa shape index (κ2) is 8.12. The fourth-order valence-corrected chi connectivity index (χ4v) is 1.89. The molecule has 1 amide bonds. The maximum atomic E-state index is 12.1. The van der Waals surface area contributed by atoms with Crippen molar-refractivity contribution in [2.75, 3.05) is 6.54 Å². The van der Waals surface area contributed by atoms with Crippen molar-refractivity contribution in [3.63, 3.8) is 0 Å². The van der Waals surface area contributed by atoms with E-state index in [4.69, 9.17) is 14.7 Å². The largest absolute Gasteiger partial charge is 0.461 e. The third-order valence-electron chi connectivity index (χ3n) is 3.90. The van der Waals surface area contributed by atoms with Gasteiger partial charge in [-0.2, -0.15) is 4.98 Å². The Morgan fingerprint density at radius 1 is 1.48 bits per heavy atom. The molecule has 0 fully saturated rings. The van der Waals surface area contributed by atoms with Crippen LogP contribution in [-0.4, -0.2) is 28.1 Å². The Morgan fingerprint density at radius 3 is 2.78 bits per heavy atom. The number of nitrogens with two attached hydrogens (primary N) is 1. The van der Waals surface area contributed by atoms with Crippen LogP contribution in [0, 0.1) is 5.92 Å². The van der Waals surface area contributed by atoms with E-state index in [1.54, 1.807) is 18.4 Å². The summed E-state index contributed by atoms with van der Waals surface area (Å²) in [6, 6.07) is 3.50. The average molecular weight is 343 g/mol. The topological polar surface area (TPSA) is 107 Å². The van der Waals surface area contributed by atoms with Crippen molar-refractivity contribution in [2.24, 2.45) is 11.7 Å². The molecule has 1 atom stereocenters. The van der Waals surface area contributed by atoms with Gasteiger partial charge in [0.1, 0.15) is 0 Å². The molecule has 0 radical (unpaired) electrons. The fraction of sp³-hybridized carbons (Fsp3) is 0.533. The summed E-state index contributed by atoms with van der Waals surface area (Å²) in [6.07, 6.45) is 2.18. The molecule has 0 aromatic carbocycles. The molecule has 23 heavy (non-hydrogen) atoms. The van der Waals surface area contributed by atoms with Gasteiger partial charge < -0.3 is 20.0 Å². The lowest BCUT2D eigenvalue weighted by Crippen LogP contribution is -2.55. The van der Waals surface area contributed by atoms with Crippen LogP contribution in [0.5, 0.6) is 0 Å². The van der Waals surface area contributed by atoms with Gasteiger partial charge in [-0.3, -0.25) is 4.79 Å². The highest BCUT2D eigenvalue weighted by Gasteiger charge is 2.28. The van der Waals surface area contributed by atoms with E-state index >= 15 is 0 Å². The summed E-state index contributed by atoms with van der Waals surface area (Å²) >= 11 is 0. The third-order valence-corrected chi connectivity index (χ3v) is 3.90. The molecule has 7 nitrogen and oxygen atoms in total. The molecular weight excluding hydrogens is 320 g/mol. The van der Waals surface area contributed by atoms with E-state index in [1.807, 2.05) is 20.8 Å². The Hall–Kier alpha value is -1.86. The smallest absolute Gasteiger partial charge is 0.238 e. The number of nitrogens with zero attached hydrogens (tertiary/aromatic N) is 2. The second-order valence-electron chi connectivity index (χ2n) is 5.81. The van der Waals surface area contributed by atoms with Crippen LogP contribution in [0.4, 0.5) is 0 Å². The molecule has 2 rings (SSSR count). The lowest BCUT2D eigenvalue weighted by molar-refractivity contribution is -0.123. The molecule has 128 valence electrons. The van der Waals surface area contributed by atoms with Gasteiger partial charge in [0.15, 0.2) is 5.76 Å². The van der Waals surface area contributed by atoms with Crippen molar-refractivity contribution in [2.45, 2.75) is 39.2 Å². The molecule has 0 bridgehead atoms. The Morgan fingerprint density at radius 2 is 2.22 bits per heavy atom.